The largest absolute Gasteiger partial charge is 0.350 e. The minimum absolute atomic E-state index is 0.00858. The topological polar surface area (TPSA) is 104 Å². The molecule has 8 nitrogen and oxygen atoms in total. The molecule has 1 heterocycles. The molecule has 0 bridgehead atoms. The van der Waals surface area contributed by atoms with Gasteiger partial charge in [-0.1, -0.05) is 72.3 Å². The molecule has 10 heteroatoms. The third-order valence-corrected chi connectivity index (χ3v) is 8.41. The summed E-state index contributed by atoms with van der Waals surface area (Å²) in [6, 6.07) is 20.9. The van der Waals surface area contributed by atoms with Gasteiger partial charge in [0.15, 0.2) is 0 Å². The highest BCUT2D eigenvalue weighted by molar-refractivity contribution is 7.90. The summed E-state index contributed by atoms with van der Waals surface area (Å²) in [5, 5.41) is 3.33. The molecule has 1 atom stereocenters. The number of hydrogen-bond acceptors (Lipinski definition) is 5. The molecule has 0 aromatic heterocycles. The Kier molecular flexibility index (Phi) is 8.13. The Hall–Kier alpha value is -3.69. The zero-order valence-electron chi connectivity index (χ0n) is 21.9. The Labute approximate surface area is 233 Å². The zero-order chi connectivity index (χ0) is 28.4. The van der Waals surface area contributed by atoms with Crippen molar-refractivity contribution in [3.63, 3.8) is 0 Å². The van der Waals surface area contributed by atoms with Gasteiger partial charge < -0.3 is 10.2 Å². The van der Waals surface area contributed by atoms with Gasteiger partial charge in [-0.05, 0) is 50.1 Å². The SMILES string of the molecule is CC(C)(C)NC(=O)C(Cc1ccccc1)N(Cc1ccccc1Cl)C(=O)CN1C(=O)c2ccccc2S1(=O)=O. The first-order valence-electron chi connectivity index (χ1n) is 12.4. The maximum atomic E-state index is 13.9. The van der Waals surface area contributed by atoms with Crippen LogP contribution in [0.4, 0.5) is 0 Å². The second-order valence-electron chi connectivity index (χ2n) is 10.4. The van der Waals surface area contributed by atoms with Crippen molar-refractivity contribution in [2.24, 2.45) is 0 Å². The molecule has 3 aromatic carbocycles. The van der Waals surface area contributed by atoms with E-state index in [1.165, 1.54) is 23.1 Å². The molecule has 204 valence electrons. The van der Waals surface area contributed by atoms with Crippen molar-refractivity contribution in [2.45, 2.75) is 50.2 Å². The third-order valence-electron chi connectivity index (χ3n) is 6.26. The molecule has 0 radical (unpaired) electrons. The Morgan fingerprint density at radius 2 is 1.56 bits per heavy atom. The number of benzene rings is 3. The summed E-state index contributed by atoms with van der Waals surface area (Å²) in [6.07, 6.45) is 0.167. The van der Waals surface area contributed by atoms with Crippen LogP contribution in [0.25, 0.3) is 0 Å². The van der Waals surface area contributed by atoms with Crippen LogP contribution in [0.15, 0.2) is 83.8 Å². The standard InChI is InChI=1S/C29H30ClN3O5S/c1-29(2,3)31-27(35)24(17-20-11-5-4-6-12-20)32(18-21-13-7-9-15-23(21)30)26(34)19-33-28(36)22-14-8-10-16-25(22)39(33,37)38/h4-16,24H,17-19H2,1-3H3,(H,31,35). The van der Waals surface area contributed by atoms with E-state index >= 15 is 0 Å². The van der Waals surface area contributed by atoms with Crippen LogP contribution in [-0.2, 0) is 32.6 Å². The Morgan fingerprint density at radius 3 is 2.21 bits per heavy atom. The second kappa shape index (κ2) is 11.2. The van der Waals surface area contributed by atoms with E-state index in [1.807, 2.05) is 51.1 Å². The summed E-state index contributed by atoms with van der Waals surface area (Å²) in [4.78, 5) is 41.8. The van der Waals surface area contributed by atoms with Crippen molar-refractivity contribution in [1.29, 1.82) is 0 Å². The first-order chi connectivity index (χ1) is 18.4. The monoisotopic (exact) mass is 567 g/mol. The van der Waals surface area contributed by atoms with Gasteiger partial charge in [0.2, 0.25) is 11.8 Å². The first kappa shape index (κ1) is 28.3. The Balaban J connectivity index is 1.74. The van der Waals surface area contributed by atoms with Crippen LogP contribution in [0.3, 0.4) is 0 Å². The third kappa shape index (κ3) is 6.32. The quantitative estimate of drug-likeness (QED) is 0.442. The molecule has 3 aromatic rings. The molecule has 0 fully saturated rings. The van der Waals surface area contributed by atoms with Crippen LogP contribution in [0.1, 0.15) is 42.3 Å². The number of carbonyl (C=O) groups excluding carboxylic acids is 3. The lowest BCUT2D eigenvalue weighted by Gasteiger charge is -2.34. The second-order valence-corrected chi connectivity index (χ2v) is 12.6. The van der Waals surface area contributed by atoms with Gasteiger partial charge in [0.05, 0.1) is 5.56 Å². The van der Waals surface area contributed by atoms with E-state index in [0.717, 1.165) is 5.56 Å². The van der Waals surface area contributed by atoms with Crippen molar-refractivity contribution in [1.82, 2.24) is 14.5 Å². The van der Waals surface area contributed by atoms with E-state index in [4.69, 9.17) is 11.6 Å². The molecule has 1 N–H and O–H groups in total. The smallest absolute Gasteiger partial charge is 0.269 e. The van der Waals surface area contributed by atoms with Crippen molar-refractivity contribution in [3.05, 3.63) is 101 Å². The van der Waals surface area contributed by atoms with Gasteiger partial charge in [0.25, 0.3) is 15.9 Å². The fourth-order valence-electron chi connectivity index (χ4n) is 4.42. The summed E-state index contributed by atoms with van der Waals surface area (Å²) in [7, 11) is -4.23. The van der Waals surface area contributed by atoms with Crippen molar-refractivity contribution < 1.29 is 22.8 Å². The summed E-state index contributed by atoms with van der Waals surface area (Å²) >= 11 is 6.42. The zero-order valence-corrected chi connectivity index (χ0v) is 23.5. The lowest BCUT2D eigenvalue weighted by atomic mass is 10.0. The summed E-state index contributed by atoms with van der Waals surface area (Å²) < 4.78 is 26.9. The minimum atomic E-state index is -4.23. The molecule has 39 heavy (non-hydrogen) atoms. The fraction of sp³-hybridized carbons (Fsp3) is 0.276. The number of amides is 3. The fourth-order valence-corrected chi connectivity index (χ4v) is 6.13. The predicted octanol–water partition coefficient (Wildman–Crippen LogP) is 4.04. The van der Waals surface area contributed by atoms with E-state index in [0.29, 0.717) is 14.9 Å². The molecule has 4 rings (SSSR count). The van der Waals surface area contributed by atoms with Gasteiger partial charge in [-0.3, -0.25) is 14.4 Å². The number of rotatable bonds is 8. The minimum Gasteiger partial charge on any atom is -0.350 e. The van der Waals surface area contributed by atoms with E-state index in [-0.39, 0.29) is 23.4 Å². The molecular formula is C29H30ClN3O5S. The van der Waals surface area contributed by atoms with Gasteiger partial charge in [-0.15, -0.1) is 0 Å². The van der Waals surface area contributed by atoms with E-state index in [9.17, 15) is 22.8 Å². The predicted molar refractivity (Wildman–Crippen MR) is 148 cm³/mol. The van der Waals surface area contributed by atoms with Gasteiger partial charge in [-0.25, -0.2) is 12.7 Å². The van der Waals surface area contributed by atoms with Crippen LogP contribution in [-0.4, -0.2) is 53.5 Å². The molecule has 1 unspecified atom stereocenters. The molecule has 1 aliphatic rings. The number of halogens is 1. The highest BCUT2D eigenvalue weighted by atomic mass is 35.5. The highest BCUT2D eigenvalue weighted by Crippen LogP contribution is 2.30. The molecule has 3 amide bonds. The summed E-state index contributed by atoms with van der Waals surface area (Å²) in [5.74, 6) is -1.90. The number of sulfonamides is 1. The van der Waals surface area contributed by atoms with E-state index in [2.05, 4.69) is 5.32 Å². The van der Waals surface area contributed by atoms with Crippen LogP contribution < -0.4 is 5.32 Å². The average molecular weight is 568 g/mol. The molecule has 0 spiro atoms. The van der Waals surface area contributed by atoms with Crippen molar-refractivity contribution in [2.75, 3.05) is 6.54 Å². The van der Waals surface area contributed by atoms with E-state index < -0.39 is 45.9 Å². The van der Waals surface area contributed by atoms with Crippen molar-refractivity contribution >= 4 is 39.3 Å². The molecule has 0 saturated carbocycles. The number of carbonyl (C=O) groups is 3. The van der Waals surface area contributed by atoms with Crippen molar-refractivity contribution in [3.8, 4) is 0 Å². The van der Waals surface area contributed by atoms with Gasteiger partial charge in [-0.2, -0.15) is 0 Å². The molecule has 0 aliphatic carbocycles. The lowest BCUT2D eigenvalue weighted by Crippen LogP contribution is -2.56. The van der Waals surface area contributed by atoms with Crippen LogP contribution in [0.2, 0.25) is 5.02 Å². The molecular weight excluding hydrogens is 538 g/mol. The maximum absolute atomic E-state index is 13.9. The summed E-state index contributed by atoms with van der Waals surface area (Å²) in [6.45, 7) is 4.67. The van der Waals surface area contributed by atoms with Gasteiger partial charge >= 0.3 is 0 Å². The summed E-state index contributed by atoms with van der Waals surface area (Å²) in [5.41, 5.74) is 0.796. The molecule has 1 aliphatic heterocycles. The first-order valence-corrected chi connectivity index (χ1v) is 14.3. The van der Waals surface area contributed by atoms with Gasteiger partial charge in [0, 0.05) is 23.5 Å². The highest BCUT2D eigenvalue weighted by Gasteiger charge is 2.43. The Morgan fingerprint density at radius 1 is 0.949 bits per heavy atom. The van der Waals surface area contributed by atoms with Crippen LogP contribution in [0, 0.1) is 0 Å². The number of hydrogen-bond donors (Lipinski definition) is 1. The number of nitrogens with one attached hydrogen (secondary N) is 1. The number of nitrogens with zero attached hydrogens (tertiary/aromatic N) is 2. The number of fused-ring (bicyclic) bond motifs is 1. The lowest BCUT2D eigenvalue weighted by molar-refractivity contribution is -0.141. The van der Waals surface area contributed by atoms with Crippen LogP contribution >= 0.6 is 11.6 Å². The average Bonchev–Trinajstić information content (AvgIpc) is 3.07. The van der Waals surface area contributed by atoms with Crippen LogP contribution in [0.5, 0.6) is 0 Å². The normalized spacial score (nSPS) is 15.0. The van der Waals surface area contributed by atoms with Gasteiger partial charge in [0.1, 0.15) is 17.5 Å². The Bertz CT molecular complexity index is 1500. The maximum Gasteiger partial charge on any atom is 0.269 e. The van der Waals surface area contributed by atoms with E-state index in [1.54, 1.807) is 30.3 Å². The molecule has 0 saturated heterocycles.